The molecule has 0 spiro atoms. The molecule has 6 nitrogen and oxygen atoms in total. The average molecular weight is 478 g/mol. The number of carbonyl (C=O) groups is 3. The molecule has 2 heterocycles. The van der Waals surface area contributed by atoms with Gasteiger partial charge >= 0.3 is 0 Å². The summed E-state index contributed by atoms with van der Waals surface area (Å²) in [6, 6.07) is 15.8. The summed E-state index contributed by atoms with van der Waals surface area (Å²) in [4.78, 5) is 46.2. The number of anilines is 1. The van der Waals surface area contributed by atoms with Gasteiger partial charge in [-0.05, 0) is 49.6 Å². The molecule has 3 aliphatic rings. The fourth-order valence-electron chi connectivity index (χ4n) is 6.11. The van der Waals surface area contributed by atoms with Gasteiger partial charge < -0.3 is 9.80 Å². The first-order chi connectivity index (χ1) is 16.9. The van der Waals surface area contributed by atoms with Crippen LogP contribution in [0, 0.1) is 5.82 Å². The zero-order chi connectivity index (χ0) is 24.6. The Morgan fingerprint density at radius 1 is 1.03 bits per heavy atom. The molecule has 1 saturated carbocycles. The van der Waals surface area contributed by atoms with E-state index in [0.717, 1.165) is 31.4 Å². The molecule has 2 saturated heterocycles. The van der Waals surface area contributed by atoms with Crippen LogP contribution in [0.3, 0.4) is 0 Å². The van der Waals surface area contributed by atoms with Crippen molar-refractivity contribution in [1.29, 1.82) is 0 Å². The van der Waals surface area contributed by atoms with Gasteiger partial charge in [-0.2, -0.15) is 0 Å². The van der Waals surface area contributed by atoms with Gasteiger partial charge in [0.25, 0.3) is 0 Å². The molecular formula is C28H32FN3O3. The predicted molar refractivity (Wildman–Crippen MR) is 131 cm³/mol. The van der Waals surface area contributed by atoms with Crippen LogP contribution in [0.25, 0.3) is 0 Å². The maximum absolute atomic E-state index is 14.3. The number of para-hydroxylation sites is 1. The molecule has 2 aromatic carbocycles. The molecule has 3 amide bonds. The zero-order valence-electron chi connectivity index (χ0n) is 20.2. The Bertz CT molecular complexity index is 1120. The van der Waals surface area contributed by atoms with E-state index < -0.39 is 11.2 Å². The molecule has 3 fully saturated rings. The number of imide groups is 1. The van der Waals surface area contributed by atoms with Crippen molar-refractivity contribution < 1.29 is 18.8 Å². The number of piperazine rings is 1. The predicted octanol–water partition coefficient (Wildman–Crippen LogP) is 3.89. The number of halogens is 1. The number of hydrogen-bond donors (Lipinski definition) is 0. The number of hydrogen-bond acceptors (Lipinski definition) is 4. The molecule has 1 aliphatic carbocycles. The Hall–Kier alpha value is -3.22. The summed E-state index contributed by atoms with van der Waals surface area (Å²) in [5.41, 5.74) is 0.182. The van der Waals surface area contributed by atoms with Crippen LogP contribution in [0.15, 0.2) is 54.6 Å². The summed E-state index contributed by atoms with van der Waals surface area (Å²) >= 11 is 0. The number of amides is 3. The third kappa shape index (κ3) is 4.32. The van der Waals surface area contributed by atoms with Crippen molar-refractivity contribution in [3.63, 3.8) is 0 Å². The fraction of sp³-hybridized carbons (Fsp3) is 0.464. The van der Waals surface area contributed by atoms with Crippen LogP contribution in [0.5, 0.6) is 0 Å². The van der Waals surface area contributed by atoms with Gasteiger partial charge in [0.2, 0.25) is 17.7 Å². The van der Waals surface area contributed by atoms with E-state index in [1.54, 1.807) is 12.1 Å². The number of carbonyl (C=O) groups excluding carboxylic acids is 3. The van der Waals surface area contributed by atoms with Gasteiger partial charge in [0.15, 0.2) is 0 Å². The summed E-state index contributed by atoms with van der Waals surface area (Å²) in [6.07, 6.45) is 3.34. The lowest BCUT2D eigenvalue weighted by molar-refractivity contribution is -0.145. The third-order valence-electron chi connectivity index (χ3n) is 7.94. The van der Waals surface area contributed by atoms with E-state index in [0.29, 0.717) is 25.2 Å². The van der Waals surface area contributed by atoms with Crippen LogP contribution in [0.4, 0.5) is 10.1 Å². The van der Waals surface area contributed by atoms with E-state index in [9.17, 15) is 18.8 Å². The standard InChI is InChI=1S/C28H32FN3O3/c1-20-19-30(23-10-3-2-4-11-23)14-15-31(20)25(33)17-28(21-8-7-9-22(29)16-21)18-26(34)32(27(28)35)24-12-5-6-13-24/h2-4,7-11,16,20,24H,5-6,12-15,17-19H2,1H3/t20-,28+/m1/s1. The number of benzene rings is 2. The normalized spacial score (nSPS) is 25.5. The van der Waals surface area contributed by atoms with Crippen molar-refractivity contribution in [1.82, 2.24) is 9.80 Å². The summed E-state index contributed by atoms with van der Waals surface area (Å²) in [7, 11) is 0. The van der Waals surface area contributed by atoms with Gasteiger partial charge in [-0.1, -0.05) is 43.2 Å². The van der Waals surface area contributed by atoms with Gasteiger partial charge in [-0.25, -0.2) is 4.39 Å². The first kappa shape index (κ1) is 23.5. The van der Waals surface area contributed by atoms with Gasteiger partial charge in [0.05, 0.1) is 5.41 Å². The summed E-state index contributed by atoms with van der Waals surface area (Å²) in [5, 5.41) is 0. The zero-order valence-corrected chi connectivity index (χ0v) is 20.2. The average Bonchev–Trinajstić information content (AvgIpc) is 3.46. The monoisotopic (exact) mass is 477 g/mol. The molecule has 35 heavy (non-hydrogen) atoms. The molecule has 0 bridgehead atoms. The summed E-state index contributed by atoms with van der Waals surface area (Å²) in [5.74, 6) is -1.23. The maximum atomic E-state index is 14.3. The quantitative estimate of drug-likeness (QED) is 0.613. The Morgan fingerprint density at radius 2 is 1.77 bits per heavy atom. The van der Waals surface area contributed by atoms with E-state index in [-0.39, 0.29) is 42.6 Å². The van der Waals surface area contributed by atoms with Crippen LogP contribution in [-0.2, 0) is 19.8 Å². The van der Waals surface area contributed by atoms with Crippen LogP contribution in [0.1, 0.15) is 51.0 Å². The SMILES string of the molecule is C[C@@H]1CN(c2ccccc2)CCN1C(=O)C[C@@]1(c2cccc(F)c2)CC(=O)N(C2CCCC2)C1=O. The first-order valence-corrected chi connectivity index (χ1v) is 12.6. The molecule has 0 N–H and O–H groups in total. The minimum Gasteiger partial charge on any atom is -0.368 e. The maximum Gasteiger partial charge on any atom is 0.241 e. The Morgan fingerprint density at radius 3 is 2.46 bits per heavy atom. The molecule has 2 atom stereocenters. The second kappa shape index (κ2) is 9.44. The summed E-state index contributed by atoms with van der Waals surface area (Å²) < 4.78 is 14.3. The van der Waals surface area contributed by atoms with Crippen molar-refractivity contribution in [2.45, 2.75) is 62.9 Å². The Balaban J connectivity index is 1.40. The third-order valence-corrected chi connectivity index (χ3v) is 7.94. The Kier molecular flexibility index (Phi) is 6.34. The van der Waals surface area contributed by atoms with Crippen LogP contribution in [-0.4, -0.2) is 59.2 Å². The highest BCUT2D eigenvalue weighted by Crippen LogP contribution is 2.43. The smallest absolute Gasteiger partial charge is 0.241 e. The Labute approximate surface area is 205 Å². The first-order valence-electron chi connectivity index (χ1n) is 12.6. The molecule has 184 valence electrons. The molecule has 5 rings (SSSR count). The minimum absolute atomic E-state index is 0.0563. The lowest BCUT2D eigenvalue weighted by Crippen LogP contribution is -2.55. The van der Waals surface area contributed by atoms with E-state index >= 15 is 0 Å². The van der Waals surface area contributed by atoms with E-state index in [4.69, 9.17) is 0 Å². The lowest BCUT2D eigenvalue weighted by Gasteiger charge is -2.42. The van der Waals surface area contributed by atoms with Crippen molar-refractivity contribution in [3.8, 4) is 0 Å². The number of nitrogens with zero attached hydrogens (tertiary/aromatic N) is 3. The van der Waals surface area contributed by atoms with Crippen molar-refractivity contribution in [3.05, 3.63) is 66.0 Å². The molecule has 7 heteroatoms. The highest BCUT2D eigenvalue weighted by Gasteiger charge is 2.56. The number of likely N-dealkylation sites (tertiary alicyclic amines) is 1. The molecule has 0 aromatic heterocycles. The van der Waals surface area contributed by atoms with E-state index in [1.165, 1.54) is 17.0 Å². The van der Waals surface area contributed by atoms with Crippen LogP contribution < -0.4 is 4.90 Å². The molecule has 0 radical (unpaired) electrons. The number of rotatable bonds is 5. The van der Waals surface area contributed by atoms with Crippen molar-refractivity contribution in [2.24, 2.45) is 0 Å². The molecule has 0 unspecified atom stereocenters. The van der Waals surface area contributed by atoms with Crippen molar-refractivity contribution in [2.75, 3.05) is 24.5 Å². The van der Waals surface area contributed by atoms with Crippen LogP contribution in [0.2, 0.25) is 0 Å². The van der Waals surface area contributed by atoms with Crippen LogP contribution >= 0.6 is 0 Å². The topological polar surface area (TPSA) is 60.9 Å². The van der Waals surface area contributed by atoms with Gasteiger partial charge in [0.1, 0.15) is 5.82 Å². The van der Waals surface area contributed by atoms with E-state index in [1.807, 2.05) is 30.0 Å². The second-order valence-corrected chi connectivity index (χ2v) is 10.2. The minimum atomic E-state index is -1.35. The van der Waals surface area contributed by atoms with E-state index in [2.05, 4.69) is 17.0 Å². The van der Waals surface area contributed by atoms with Crippen molar-refractivity contribution >= 4 is 23.4 Å². The largest absolute Gasteiger partial charge is 0.368 e. The summed E-state index contributed by atoms with van der Waals surface area (Å²) in [6.45, 7) is 3.91. The second-order valence-electron chi connectivity index (χ2n) is 10.2. The molecule has 2 aliphatic heterocycles. The lowest BCUT2D eigenvalue weighted by atomic mass is 9.75. The highest BCUT2D eigenvalue weighted by atomic mass is 19.1. The molecule has 2 aromatic rings. The van der Waals surface area contributed by atoms with Gasteiger partial charge in [-0.15, -0.1) is 0 Å². The van der Waals surface area contributed by atoms with Gasteiger partial charge in [0, 0.05) is 50.2 Å². The van der Waals surface area contributed by atoms with Gasteiger partial charge in [-0.3, -0.25) is 19.3 Å². The molecular weight excluding hydrogens is 445 g/mol. The highest BCUT2D eigenvalue weighted by molar-refractivity contribution is 6.11. The fourth-order valence-corrected chi connectivity index (χ4v) is 6.11.